The lowest BCUT2D eigenvalue weighted by Crippen LogP contribution is -2.14. The van der Waals surface area contributed by atoms with Gasteiger partial charge in [0.1, 0.15) is 11.6 Å². The summed E-state index contributed by atoms with van der Waals surface area (Å²) >= 11 is 1.13. The quantitative estimate of drug-likeness (QED) is 0.692. The number of amides is 1. The summed E-state index contributed by atoms with van der Waals surface area (Å²) in [6.07, 6.45) is -2.21. The number of hydrogen-bond acceptors (Lipinski definition) is 4. The van der Waals surface area contributed by atoms with E-state index in [0.717, 1.165) is 23.5 Å². The van der Waals surface area contributed by atoms with Crippen LogP contribution in [-0.2, 0) is 11.0 Å². The van der Waals surface area contributed by atoms with Crippen molar-refractivity contribution in [2.24, 2.45) is 0 Å². The van der Waals surface area contributed by atoms with Crippen LogP contribution in [0.5, 0.6) is 0 Å². The number of aromatic nitrogens is 1. The molecule has 0 aliphatic heterocycles. The SMILES string of the molecule is N#C/C(=C/c1ccccc1C(F)(F)F)C(=O)Nc1nccs1. The van der Waals surface area contributed by atoms with Gasteiger partial charge in [-0.05, 0) is 17.7 Å². The Kier molecular flexibility index (Phi) is 4.58. The maximum Gasteiger partial charge on any atom is 0.416 e. The Morgan fingerprint density at radius 1 is 1.36 bits per heavy atom. The van der Waals surface area contributed by atoms with E-state index in [1.54, 1.807) is 11.4 Å². The number of alkyl halides is 3. The van der Waals surface area contributed by atoms with Crippen molar-refractivity contribution in [3.8, 4) is 6.07 Å². The fourth-order valence-electron chi connectivity index (χ4n) is 1.63. The summed E-state index contributed by atoms with van der Waals surface area (Å²) in [7, 11) is 0. The monoisotopic (exact) mass is 323 g/mol. The molecule has 0 spiro atoms. The number of hydrogen-bond donors (Lipinski definition) is 1. The minimum absolute atomic E-state index is 0.249. The van der Waals surface area contributed by atoms with Crippen LogP contribution in [0.4, 0.5) is 18.3 Å². The number of nitrogens with one attached hydrogen (secondary N) is 1. The highest BCUT2D eigenvalue weighted by Gasteiger charge is 2.32. The number of nitrogens with zero attached hydrogens (tertiary/aromatic N) is 2. The van der Waals surface area contributed by atoms with Gasteiger partial charge in [0.05, 0.1) is 5.56 Å². The second kappa shape index (κ2) is 6.41. The molecule has 0 aliphatic rings. The molecule has 2 aromatic rings. The Hall–Kier alpha value is -2.66. The van der Waals surface area contributed by atoms with Crippen molar-refractivity contribution in [1.29, 1.82) is 5.26 Å². The Morgan fingerprint density at radius 2 is 2.09 bits per heavy atom. The van der Waals surface area contributed by atoms with E-state index in [1.807, 2.05) is 0 Å². The van der Waals surface area contributed by atoms with Crippen LogP contribution in [0.25, 0.3) is 6.08 Å². The molecule has 0 fully saturated rings. The summed E-state index contributed by atoms with van der Waals surface area (Å²) in [5.74, 6) is -0.811. The average Bonchev–Trinajstić information content (AvgIpc) is 2.96. The molecule has 0 aliphatic carbocycles. The van der Waals surface area contributed by atoms with Gasteiger partial charge in [0, 0.05) is 11.6 Å². The molecule has 2 rings (SSSR count). The van der Waals surface area contributed by atoms with Crippen molar-refractivity contribution in [3.05, 3.63) is 52.5 Å². The van der Waals surface area contributed by atoms with Crippen molar-refractivity contribution < 1.29 is 18.0 Å². The lowest BCUT2D eigenvalue weighted by Gasteiger charge is -2.10. The van der Waals surface area contributed by atoms with Crippen LogP contribution in [0.1, 0.15) is 11.1 Å². The highest BCUT2D eigenvalue weighted by molar-refractivity contribution is 7.13. The average molecular weight is 323 g/mol. The minimum Gasteiger partial charge on any atom is -0.297 e. The number of benzene rings is 1. The number of thiazole rings is 1. The first-order chi connectivity index (χ1) is 10.4. The second-order valence-electron chi connectivity index (χ2n) is 4.05. The zero-order chi connectivity index (χ0) is 16.2. The van der Waals surface area contributed by atoms with Crippen LogP contribution in [0.15, 0.2) is 41.4 Å². The minimum atomic E-state index is -4.57. The number of carbonyl (C=O) groups excluding carboxylic acids is 1. The molecule has 0 saturated heterocycles. The molecule has 1 aromatic heterocycles. The summed E-state index contributed by atoms with van der Waals surface area (Å²) < 4.78 is 38.7. The Morgan fingerprint density at radius 3 is 2.68 bits per heavy atom. The number of nitriles is 1. The van der Waals surface area contributed by atoms with Crippen molar-refractivity contribution in [1.82, 2.24) is 4.98 Å². The molecule has 1 N–H and O–H groups in total. The Bertz CT molecular complexity index is 745. The van der Waals surface area contributed by atoms with Crippen LogP contribution in [-0.4, -0.2) is 10.9 Å². The van der Waals surface area contributed by atoms with Crippen LogP contribution < -0.4 is 5.32 Å². The van der Waals surface area contributed by atoms with Gasteiger partial charge < -0.3 is 0 Å². The number of halogens is 3. The molecular weight excluding hydrogens is 315 g/mol. The largest absolute Gasteiger partial charge is 0.416 e. The van der Waals surface area contributed by atoms with Crippen LogP contribution in [0.3, 0.4) is 0 Å². The first-order valence-corrected chi connectivity index (χ1v) is 6.78. The topological polar surface area (TPSA) is 65.8 Å². The summed E-state index contributed by atoms with van der Waals surface area (Å²) in [5.41, 5.74) is -1.60. The predicted octanol–water partition coefficient (Wildman–Crippen LogP) is 3.71. The van der Waals surface area contributed by atoms with E-state index >= 15 is 0 Å². The number of rotatable bonds is 3. The van der Waals surface area contributed by atoms with E-state index in [2.05, 4.69) is 10.3 Å². The van der Waals surface area contributed by atoms with E-state index in [9.17, 15) is 18.0 Å². The molecule has 0 saturated carbocycles. The van der Waals surface area contributed by atoms with Crippen LogP contribution in [0.2, 0.25) is 0 Å². The first kappa shape index (κ1) is 15.7. The lowest BCUT2D eigenvalue weighted by atomic mass is 10.0. The van der Waals surface area contributed by atoms with Crippen LogP contribution in [0, 0.1) is 11.3 Å². The van der Waals surface area contributed by atoms with Crippen molar-refractivity contribution in [3.63, 3.8) is 0 Å². The van der Waals surface area contributed by atoms with Crippen molar-refractivity contribution >= 4 is 28.5 Å². The van der Waals surface area contributed by atoms with Gasteiger partial charge in [-0.1, -0.05) is 18.2 Å². The van der Waals surface area contributed by atoms with Crippen molar-refractivity contribution in [2.75, 3.05) is 5.32 Å². The van der Waals surface area contributed by atoms with Gasteiger partial charge in [-0.25, -0.2) is 4.98 Å². The van der Waals surface area contributed by atoms with Gasteiger partial charge in [0.15, 0.2) is 5.13 Å². The lowest BCUT2D eigenvalue weighted by molar-refractivity contribution is -0.137. The summed E-state index contributed by atoms with van der Waals surface area (Å²) in [6, 6.07) is 6.32. The molecule has 0 unspecified atom stereocenters. The molecule has 0 bridgehead atoms. The molecule has 1 amide bonds. The molecular formula is C14H8F3N3OS. The standard InChI is InChI=1S/C14H8F3N3OS/c15-14(16,17)11-4-2-1-3-9(11)7-10(8-18)12(21)20-13-19-5-6-22-13/h1-7H,(H,19,20,21)/b10-7-. The number of anilines is 1. The highest BCUT2D eigenvalue weighted by atomic mass is 32.1. The summed E-state index contributed by atoms with van der Waals surface area (Å²) in [5, 5.41) is 13.2. The van der Waals surface area contributed by atoms with Gasteiger partial charge in [-0.3, -0.25) is 10.1 Å². The van der Waals surface area contributed by atoms with Gasteiger partial charge in [-0.2, -0.15) is 18.4 Å². The fraction of sp³-hybridized carbons (Fsp3) is 0.0714. The van der Waals surface area contributed by atoms with Crippen LogP contribution >= 0.6 is 11.3 Å². The summed E-state index contributed by atoms with van der Waals surface area (Å²) in [6.45, 7) is 0. The van der Waals surface area contributed by atoms with Gasteiger partial charge >= 0.3 is 6.18 Å². The van der Waals surface area contributed by atoms with Gasteiger partial charge in [0.2, 0.25) is 0 Å². The Labute approximate surface area is 127 Å². The molecule has 0 atom stereocenters. The maximum absolute atomic E-state index is 12.9. The molecule has 1 aromatic carbocycles. The highest BCUT2D eigenvalue weighted by Crippen LogP contribution is 2.32. The smallest absolute Gasteiger partial charge is 0.297 e. The molecule has 22 heavy (non-hydrogen) atoms. The van der Waals surface area contributed by atoms with E-state index in [1.165, 1.54) is 24.4 Å². The van der Waals surface area contributed by atoms with Gasteiger partial charge in [-0.15, -0.1) is 11.3 Å². The predicted molar refractivity (Wildman–Crippen MR) is 75.8 cm³/mol. The third-order valence-corrected chi connectivity index (χ3v) is 3.27. The maximum atomic E-state index is 12.9. The molecule has 8 heteroatoms. The van der Waals surface area contributed by atoms with Crippen molar-refractivity contribution in [2.45, 2.75) is 6.18 Å². The third kappa shape index (κ3) is 3.71. The Balaban J connectivity index is 2.34. The summed E-state index contributed by atoms with van der Waals surface area (Å²) in [4.78, 5) is 15.7. The zero-order valence-corrected chi connectivity index (χ0v) is 11.7. The van der Waals surface area contributed by atoms with E-state index in [4.69, 9.17) is 5.26 Å². The molecule has 0 radical (unpaired) electrons. The van der Waals surface area contributed by atoms with Gasteiger partial charge in [0.25, 0.3) is 5.91 Å². The zero-order valence-electron chi connectivity index (χ0n) is 10.9. The normalized spacial score (nSPS) is 11.8. The number of carbonyl (C=O) groups is 1. The second-order valence-corrected chi connectivity index (χ2v) is 4.94. The van der Waals surface area contributed by atoms with E-state index in [-0.39, 0.29) is 10.7 Å². The molecule has 1 heterocycles. The first-order valence-electron chi connectivity index (χ1n) is 5.90. The fourth-order valence-corrected chi connectivity index (χ4v) is 2.16. The molecule has 112 valence electrons. The molecule has 4 nitrogen and oxygen atoms in total. The van der Waals surface area contributed by atoms with E-state index in [0.29, 0.717) is 0 Å². The third-order valence-electron chi connectivity index (χ3n) is 2.58. The van der Waals surface area contributed by atoms with E-state index < -0.39 is 23.2 Å².